The quantitative estimate of drug-likeness (QED) is 0.147. The topological polar surface area (TPSA) is 43.1 Å². The molecule has 0 rings (SSSR count). The minimum atomic E-state index is -0.240. The summed E-state index contributed by atoms with van der Waals surface area (Å²) in [5.41, 5.74) is 0. The van der Waals surface area contributed by atoms with Gasteiger partial charge in [0.2, 0.25) is 6.54 Å². The molecule has 0 radical (unpaired) electrons. The molecule has 134 valence electrons. The van der Waals surface area contributed by atoms with Crippen LogP contribution in [0.4, 0.5) is 0 Å². The first-order valence-corrected chi connectivity index (χ1v) is 9.14. The maximum Gasteiger partial charge on any atom is 0.203 e. The van der Waals surface area contributed by atoms with Gasteiger partial charge < -0.3 is 0 Å². The van der Waals surface area contributed by atoms with Gasteiger partial charge in [-0.25, -0.2) is 0 Å². The number of rotatable bonds is 15. The largest absolute Gasteiger partial charge is 0.265 e. The average molecular weight is 332 g/mol. The molecule has 0 bridgehead atoms. The van der Waals surface area contributed by atoms with Gasteiger partial charge in [0.15, 0.2) is 0 Å². The highest BCUT2D eigenvalue weighted by molar-refractivity contribution is 5.00. The predicted octanol–water partition coefficient (Wildman–Crippen LogP) is 6.57. The number of allylic oxidation sites excluding steroid dienone is 10. The molecule has 0 aromatic carbocycles. The fraction of sp³-hybridized carbons (Fsp3) is 0.524. The molecule has 0 aliphatic carbocycles. The van der Waals surface area contributed by atoms with Crippen molar-refractivity contribution in [3.8, 4) is 0 Å². The van der Waals surface area contributed by atoms with Crippen LogP contribution in [0, 0.1) is 10.1 Å². The van der Waals surface area contributed by atoms with Gasteiger partial charge in [-0.05, 0) is 51.4 Å². The van der Waals surface area contributed by atoms with Crippen LogP contribution in [0.2, 0.25) is 0 Å². The molecule has 0 atom stereocenters. The number of nitrogens with zero attached hydrogens (tertiary/aromatic N) is 1. The molecular weight excluding hydrogens is 298 g/mol. The number of hydrogen-bond acceptors (Lipinski definition) is 2. The van der Waals surface area contributed by atoms with E-state index in [0.717, 1.165) is 51.4 Å². The van der Waals surface area contributed by atoms with E-state index in [-0.39, 0.29) is 11.5 Å². The molecule has 0 aliphatic heterocycles. The van der Waals surface area contributed by atoms with Gasteiger partial charge in [0.1, 0.15) is 0 Å². The van der Waals surface area contributed by atoms with Gasteiger partial charge in [-0.3, -0.25) is 10.1 Å². The molecule has 3 nitrogen and oxygen atoms in total. The first kappa shape index (κ1) is 22.1. The minimum Gasteiger partial charge on any atom is -0.265 e. The fourth-order valence-electron chi connectivity index (χ4n) is 2.05. The fourth-order valence-corrected chi connectivity index (χ4v) is 2.05. The average Bonchev–Trinajstić information content (AvgIpc) is 2.56. The molecule has 0 aliphatic rings. The van der Waals surface area contributed by atoms with E-state index in [0.29, 0.717) is 6.42 Å². The summed E-state index contributed by atoms with van der Waals surface area (Å²) in [6, 6.07) is 0. The molecule has 0 N–H and O–H groups in total. The lowest BCUT2D eigenvalue weighted by Gasteiger charge is -1.93. The Hall–Kier alpha value is -1.90. The summed E-state index contributed by atoms with van der Waals surface area (Å²) in [7, 11) is 0. The molecule has 0 spiro atoms. The van der Waals surface area contributed by atoms with Crippen molar-refractivity contribution in [1.82, 2.24) is 0 Å². The second-order valence-electron chi connectivity index (χ2n) is 5.61. The van der Waals surface area contributed by atoms with E-state index in [2.05, 4.69) is 67.7 Å². The van der Waals surface area contributed by atoms with Crippen molar-refractivity contribution >= 4 is 0 Å². The van der Waals surface area contributed by atoms with Gasteiger partial charge in [0.25, 0.3) is 0 Å². The van der Waals surface area contributed by atoms with Crippen molar-refractivity contribution in [2.75, 3.05) is 6.54 Å². The van der Waals surface area contributed by atoms with E-state index in [1.165, 1.54) is 0 Å². The van der Waals surface area contributed by atoms with Gasteiger partial charge in [0.05, 0.1) is 0 Å². The monoisotopic (exact) mass is 331 g/mol. The Kier molecular flexibility index (Phi) is 17.6. The summed E-state index contributed by atoms with van der Waals surface area (Å²) in [4.78, 5) is 9.92. The molecule has 0 aromatic rings. The van der Waals surface area contributed by atoms with Gasteiger partial charge in [-0.1, -0.05) is 67.7 Å². The second-order valence-corrected chi connectivity index (χ2v) is 5.61. The summed E-state index contributed by atoms with van der Waals surface area (Å²) in [6.07, 6.45) is 30.7. The maximum absolute atomic E-state index is 10.2. The first-order valence-electron chi connectivity index (χ1n) is 9.14. The predicted molar refractivity (Wildman–Crippen MR) is 105 cm³/mol. The van der Waals surface area contributed by atoms with Crippen molar-refractivity contribution < 1.29 is 4.92 Å². The van der Waals surface area contributed by atoms with E-state index in [1.54, 1.807) is 0 Å². The lowest BCUT2D eigenvalue weighted by molar-refractivity contribution is -0.480. The van der Waals surface area contributed by atoms with E-state index in [4.69, 9.17) is 0 Å². The van der Waals surface area contributed by atoms with Gasteiger partial charge in [-0.15, -0.1) is 0 Å². The second kappa shape index (κ2) is 19.1. The standard InChI is InChI=1S/C21H33NO2/c1-2-3-4-5-6-7-8-9-10-11-12-13-14-15-16-17-18-19-20-21-22(23)24/h3-4,6-7,9-10,12-13,15-16H,2,5,8,11,14,17-21H2,1H3/b4-3-,7-6-,10-9-,13-12-,16-15-. The molecule has 0 saturated heterocycles. The summed E-state index contributed by atoms with van der Waals surface area (Å²) in [5, 5.41) is 10.2. The van der Waals surface area contributed by atoms with Crippen molar-refractivity contribution in [2.24, 2.45) is 0 Å². The van der Waals surface area contributed by atoms with Crippen LogP contribution in [0.3, 0.4) is 0 Å². The Morgan fingerprint density at radius 3 is 1.58 bits per heavy atom. The molecule has 0 saturated carbocycles. The summed E-state index contributed by atoms with van der Waals surface area (Å²) in [6.45, 7) is 2.25. The highest BCUT2D eigenvalue weighted by Gasteiger charge is 1.94. The number of nitro groups is 1. The Labute approximate surface area is 147 Å². The highest BCUT2D eigenvalue weighted by atomic mass is 16.6. The Morgan fingerprint density at radius 1 is 0.667 bits per heavy atom. The Bertz CT molecular complexity index is 431. The van der Waals surface area contributed by atoms with Crippen LogP contribution in [0.5, 0.6) is 0 Å². The van der Waals surface area contributed by atoms with Gasteiger partial charge in [0, 0.05) is 11.3 Å². The zero-order valence-electron chi connectivity index (χ0n) is 15.1. The molecule has 0 heterocycles. The van der Waals surface area contributed by atoms with Crippen molar-refractivity contribution in [2.45, 2.75) is 64.7 Å². The Balaban J connectivity index is 3.42. The van der Waals surface area contributed by atoms with E-state index in [1.807, 2.05) is 0 Å². The summed E-state index contributed by atoms with van der Waals surface area (Å²) >= 11 is 0. The third kappa shape index (κ3) is 20.1. The SMILES string of the molecule is CC/C=C\C/C=C\C/C=C\C/C=C\C/C=C\CCCCC[N+](=O)[O-]. The van der Waals surface area contributed by atoms with Crippen LogP contribution in [0.1, 0.15) is 64.7 Å². The maximum atomic E-state index is 10.2. The van der Waals surface area contributed by atoms with Gasteiger partial charge in [-0.2, -0.15) is 0 Å². The van der Waals surface area contributed by atoms with Crippen LogP contribution in [-0.2, 0) is 0 Å². The zero-order valence-corrected chi connectivity index (χ0v) is 15.1. The molecule has 0 unspecified atom stereocenters. The van der Waals surface area contributed by atoms with Crippen LogP contribution >= 0.6 is 0 Å². The molecule has 0 fully saturated rings. The van der Waals surface area contributed by atoms with Crippen molar-refractivity contribution in [1.29, 1.82) is 0 Å². The van der Waals surface area contributed by atoms with E-state index in [9.17, 15) is 10.1 Å². The highest BCUT2D eigenvalue weighted by Crippen LogP contribution is 2.02. The lowest BCUT2D eigenvalue weighted by Crippen LogP contribution is -1.99. The van der Waals surface area contributed by atoms with Gasteiger partial charge >= 0.3 is 0 Å². The third-order valence-corrected chi connectivity index (χ3v) is 3.37. The van der Waals surface area contributed by atoms with Crippen LogP contribution in [-0.4, -0.2) is 11.5 Å². The van der Waals surface area contributed by atoms with Crippen LogP contribution < -0.4 is 0 Å². The third-order valence-electron chi connectivity index (χ3n) is 3.37. The molecule has 0 amide bonds. The minimum absolute atomic E-state index is 0.103. The van der Waals surface area contributed by atoms with E-state index >= 15 is 0 Å². The summed E-state index contributed by atoms with van der Waals surface area (Å²) < 4.78 is 0. The normalized spacial score (nSPS) is 12.7. The number of hydrogen-bond donors (Lipinski definition) is 0. The Morgan fingerprint density at radius 2 is 1.12 bits per heavy atom. The van der Waals surface area contributed by atoms with Crippen molar-refractivity contribution in [3.63, 3.8) is 0 Å². The molecular formula is C21H33NO2. The van der Waals surface area contributed by atoms with Crippen LogP contribution in [0.15, 0.2) is 60.8 Å². The lowest BCUT2D eigenvalue weighted by atomic mass is 10.2. The molecule has 3 heteroatoms. The zero-order chi connectivity index (χ0) is 17.7. The van der Waals surface area contributed by atoms with Crippen molar-refractivity contribution in [3.05, 3.63) is 70.9 Å². The molecule has 24 heavy (non-hydrogen) atoms. The van der Waals surface area contributed by atoms with Crippen LogP contribution in [0.25, 0.3) is 0 Å². The number of unbranched alkanes of at least 4 members (excludes halogenated alkanes) is 3. The molecule has 0 aromatic heterocycles. The first-order chi connectivity index (χ1) is 11.8. The van der Waals surface area contributed by atoms with E-state index < -0.39 is 0 Å². The smallest absolute Gasteiger partial charge is 0.203 e. The summed E-state index contributed by atoms with van der Waals surface area (Å²) in [5.74, 6) is 0.